The van der Waals surface area contributed by atoms with E-state index < -0.39 is 66.0 Å². The Morgan fingerprint density at radius 1 is 1.10 bits per heavy atom. The van der Waals surface area contributed by atoms with Gasteiger partial charge in [0, 0.05) is 26.2 Å². The van der Waals surface area contributed by atoms with Crippen LogP contribution in [-0.4, -0.2) is 88.9 Å². The number of imide groups is 1. The molecule has 2 aromatic carbocycles. The number of hydrogen-bond donors (Lipinski definition) is 5. The predicted octanol–water partition coefficient (Wildman–Crippen LogP) is -0.817. The highest BCUT2D eigenvalue weighted by Gasteiger charge is 2.42. The molecule has 13 nitrogen and oxygen atoms in total. The number of benzene rings is 2. The van der Waals surface area contributed by atoms with Crippen LogP contribution in [0, 0.1) is 11.6 Å². The lowest BCUT2D eigenvalue weighted by molar-refractivity contribution is -0.153. The average molecular weight is 559 g/mol. The molecule has 2 atom stereocenters. The van der Waals surface area contributed by atoms with Crippen molar-refractivity contribution in [2.24, 2.45) is 5.73 Å². The molecule has 16 heteroatoms. The van der Waals surface area contributed by atoms with Gasteiger partial charge in [0.05, 0.1) is 17.1 Å². The van der Waals surface area contributed by atoms with E-state index in [0.29, 0.717) is 10.5 Å². The molecule has 2 aromatic rings. The van der Waals surface area contributed by atoms with Gasteiger partial charge in [-0.3, -0.25) is 19.3 Å². The lowest BCUT2D eigenvalue weighted by Gasteiger charge is -2.33. The third-order valence-corrected chi connectivity index (χ3v) is 6.45. The molecule has 2 heterocycles. The fourth-order valence-electron chi connectivity index (χ4n) is 4.48. The molecule has 2 aliphatic rings. The molecule has 4 rings (SSSR count). The van der Waals surface area contributed by atoms with E-state index in [1.165, 1.54) is 18.2 Å². The van der Waals surface area contributed by atoms with Crippen molar-refractivity contribution in [2.75, 3.05) is 26.2 Å². The number of aromatic carboxylic acids is 1. The SMILES string of the molecule is NCCN1CCN(C(=O)N[C@H](C(=O)N[C@H]2Cc3cccc(C(=O)O)c3OB2O)c2c(F)cccc2F)C(=O)C1=O. The average Bonchev–Trinajstić information content (AvgIpc) is 2.90. The fraction of sp³-hybridized carbons (Fsp3) is 0.292. The van der Waals surface area contributed by atoms with E-state index in [1.54, 1.807) is 0 Å². The van der Waals surface area contributed by atoms with Crippen molar-refractivity contribution in [1.29, 1.82) is 0 Å². The zero-order valence-corrected chi connectivity index (χ0v) is 20.8. The summed E-state index contributed by atoms with van der Waals surface area (Å²) in [6.07, 6.45) is -0.125. The quantitative estimate of drug-likeness (QED) is 0.213. The molecule has 5 amide bonds. The summed E-state index contributed by atoms with van der Waals surface area (Å²) >= 11 is 0. The molecule has 0 saturated carbocycles. The number of amides is 5. The molecule has 0 bridgehead atoms. The number of rotatable bonds is 7. The molecule has 1 fully saturated rings. The van der Waals surface area contributed by atoms with Gasteiger partial charge < -0.3 is 36.1 Å². The number of carbonyl (C=O) groups excluding carboxylic acids is 4. The number of nitrogens with one attached hydrogen (secondary N) is 2. The number of fused-ring (bicyclic) bond motifs is 1. The van der Waals surface area contributed by atoms with Crippen LogP contribution in [0.3, 0.4) is 0 Å². The third-order valence-electron chi connectivity index (χ3n) is 6.45. The third kappa shape index (κ3) is 5.57. The molecule has 0 radical (unpaired) electrons. The highest BCUT2D eigenvalue weighted by Crippen LogP contribution is 2.30. The minimum absolute atomic E-state index is 0.0382. The van der Waals surface area contributed by atoms with E-state index >= 15 is 0 Å². The Kier molecular flexibility index (Phi) is 8.30. The molecule has 0 aliphatic carbocycles. The standard InChI is InChI=1S/C24H24BF2N5O8/c26-14-5-2-6-15(27)17(14)18(30-24(38)32-10-9-31(8-7-28)21(34)22(32)35)20(33)29-16-11-12-3-1-4-13(23(36)37)19(12)40-25(16)39/h1-6,16,18,39H,7-11,28H2,(H,29,33)(H,30,38)(H,36,37)/t16-,18-/m0/s1. The van der Waals surface area contributed by atoms with E-state index in [0.717, 1.165) is 23.1 Å². The summed E-state index contributed by atoms with van der Waals surface area (Å²) in [6, 6.07) is 3.66. The Bertz CT molecular complexity index is 1360. The topological polar surface area (TPSA) is 192 Å². The zero-order valence-electron chi connectivity index (χ0n) is 20.8. The van der Waals surface area contributed by atoms with Crippen LogP contribution in [0.5, 0.6) is 5.75 Å². The van der Waals surface area contributed by atoms with Gasteiger partial charge in [0.25, 0.3) is 0 Å². The molecule has 210 valence electrons. The van der Waals surface area contributed by atoms with Crippen LogP contribution >= 0.6 is 0 Å². The minimum Gasteiger partial charge on any atom is -0.534 e. The van der Waals surface area contributed by atoms with Crippen molar-refractivity contribution in [1.82, 2.24) is 20.4 Å². The first-order valence-corrected chi connectivity index (χ1v) is 12.1. The number of nitrogens with two attached hydrogens (primary N) is 1. The van der Waals surface area contributed by atoms with E-state index in [9.17, 15) is 42.9 Å². The van der Waals surface area contributed by atoms with Crippen molar-refractivity contribution >= 4 is 36.8 Å². The van der Waals surface area contributed by atoms with E-state index in [1.807, 2.05) is 0 Å². The Labute approximate surface area is 226 Å². The predicted molar refractivity (Wildman–Crippen MR) is 133 cm³/mol. The molecule has 6 N–H and O–H groups in total. The minimum atomic E-state index is -2.04. The number of carboxylic acids is 1. The van der Waals surface area contributed by atoms with Gasteiger partial charge in [-0.2, -0.15) is 0 Å². The van der Waals surface area contributed by atoms with Crippen molar-refractivity contribution in [2.45, 2.75) is 18.4 Å². The van der Waals surface area contributed by atoms with Gasteiger partial charge in [-0.1, -0.05) is 18.2 Å². The first kappa shape index (κ1) is 28.4. The summed E-state index contributed by atoms with van der Waals surface area (Å²) < 4.78 is 34.8. The molecule has 0 unspecified atom stereocenters. The Morgan fingerprint density at radius 2 is 1.77 bits per heavy atom. The summed E-state index contributed by atoms with van der Waals surface area (Å²) in [6.45, 7) is -0.140. The van der Waals surface area contributed by atoms with Crippen LogP contribution < -0.4 is 21.0 Å². The molecule has 0 aromatic heterocycles. The number of halogens is 2. The van der Waals surface area contributed by atoms with Crippen LogP contribution in [0.15, 0.2) is 36.4 Å². The highest BCUT2D eigenvalue weighted by atomic mass is 19.1. The van der Waals surface area contributed by atoms with Crippen LogP contribution in [0.25, 0.3) is 0 Å². The maximum atomic E-state index is 14.7. The summed E-state index contributed by atoms with van der Waals surface area (Å²) in [7, 11) is -1.76. The number of carboxylic acid groups (broad SMARTS) is 1. The lowest BCUT2D eigenvalue weighted by atomic mass is 9.72. The normalized spacial score (nSPS) is 17.6. The molecule has 0 spiro atoms. The lowest BCUT2D eigenvalue weighted by Crippen LogP contribution is -2.60. The van der Waals surface area contributed by atoms with Crippen LogP contribution in [0.1, 0.15) is 27.5 Å². The highest BCUT2D eigenvalue weighted by molar-refractivity contribution is 6.47. The molecule has 2 aliphatic heterocycles. The summed E-state index contributed by atoms with van der Waals surface area (Å²) in [5.74, 6) is -8.40. The summed E-state index contributed by atoms with van der Waals surface area (Å²) in [5.41, 5.74) is 4.68. The van der Waals surface area contributed by atoms with E-state index in [-0.39, 0.29) is 43.9 Å². The number of nitrogens with zero attached hydrogens (tertiary/aromatic N) is 2. The Hall–Kier alpha value is -4.57. The van der Waals surface area contributed by atoms with Gasteiger partial charge in [-0.05, 0) is 30.2 Å². The van der Waals surface area contributed by atoms with Crippen LogP contribution in [0.4, 0.5) is 13.6 Å². The second kappa shape index (κ2) is 11.7. The smallest absolute Gasteiger partial charge is 0.534 e. The number of piperazine rings is 1. The van der Waals surface area contributed by atoms with E-state index in [2.05, 4.69) is 10.6 Å². The van der Waals surface area contributed by atoms with E-state index in [4.69, 9.17) is 10.4 Å². The van der Waals surface area contributed by atoms with Gasteiger partial charge in [0.15, 0.2) is 0 Å². The number of urea groups is 1. The van der Waals surface area contributed by atoms with Gasteiger partial charge >= 0.3 is 30.9 Å². The van der Waals surface area contributed by atoms with Gasteiger partial charge in [-0.15, -0.1) is 0 Å². The van der Waals surface area contributed by atoms with Crippen LogP contribution in [0.2, 0.25) is 0 Å². The first-order chi connectivity index (χ1) is 19.0. The molecule has 1 saturated heterocycles. The maximum absolute atomic E-state index is 14.7. The van der Waals surface area contributed by atoms with Crippen molar-refractivity contribution in [3.05, 3.63) is 64.7 Å². The monoisotopic (exact) mass is 559 g/mol. The number of carbonyl (C=O) groups is 5. The summed E-state index contributed by atoms with van der Waals surface area (Å²) in [4.78, 5) is 64.3. The van der Waals surface area contributed by atoms with Crippen LogP contribution in [-0.2, 0) is 20.8 Å². The van der Waals surface area contributed by atoms with Crippen molar-refractivity contribution in [3.63, 3.8) is 0 Å². The Morgan fingerprint density at radius 3 is 2.42 bits per heavy atom. The van der Waals surface area contributed by atoms with Gasteiger partial charge in [0.1, 0.15) is 23.4 Å². The second-order valence-electron chi connectivity index (χ2n) is 8.98. The van der Waals surface area contributed by atoms with Gasteiger partial charge in [0.2, 0.25) is 5.91 Å². The van der Waals surface area contributed by atoms with Crippen molar-refractivity contribution < 1.29 is 47.5 Å². The molecule has 40 heavy (non-hydrogen) atoms. The number of para-hydroxylation sites is 1. The maximum Gasteiger partial charge on any atom is 0.547 e. The Balaban J connectivity index is 1.58. The van der Waals surface area contributed by atoms with Gasteiger partial charge in [-0.25, -0.2) is 18.4 Å². The molecular weight excluding hydrogens is 535 g/mol. The zero-order chi connectivity index (χ0) is 29.1. The number of hydrogen-bond acceptors (Lipinski definition) is 8. The van der Waals surface area contributed by atoms with Crippen molar-refractivity contribution in [3.8, 4) is 5.75 Å². The first-order valence-electron chi connectivity index (χ1n) is 12.1. The largest absolute Gasteiger partial charge is 0.547 e. The summed E-state index contributed by atoms with van der Waals surface area (Å²) in [5, 5.41) is 24.3. The second-order valence-corrected chi connectivity index (χ2v) is 8.98. The fourth-order valence-corrected chi connectivity index (χ4v) is 4.48. The molecular formula is C24H24BF2N5O8.